The van der Waals surface area contributed by atoms with Crippen LogP contribution in [-0.4, -0.2) is 49.1 Å². The van der Waals surface area contributed by atoms with Gasteiger partial charge in [-0.2, -0.15) is 5.10 Å². The fraction of sp³-hybridized carbons (Fsp3) is 0.238. The molecular formula is C21H20BrN3O3S. The van der Waals surface area contributed by atoms with Gasteiger partial charge in [0.05, 0.1) is 34.8 Å². The molecule has 0 aliphatic carbocycles. The Kier molecular flexibility index (Phi) is 5.56. The minimum atomic E-state index is -2.97. The van der Waals surface area contributed by atoms with E-state index in [9.17, 15) is 8.42 Å². The lowest BCUT2D eigenvalue weighted by atomic mass is 10.1. The normalized spacial score (nSPS) is 18.3. The lowest BCUT2D eigenvalue weighted by molar-refractivity contribution is 0.412. The molecule has 1 aliphatic rings. The molecule has 0 N–H and O–H groups in total. The Morgan fingerprint density at radius 1 is 1.24 bits per heavy atom. The number of aromatic nitrogens is 2. The third-order valence-corrected chi connectivity index (χ3v) is 7.19. The molecule has 1 aromatic heterocycles. The number of ether oxygens (including phenoxy) is 1. The fourth-order valence-corrected chi connectivity index (χ4v) is 5.49. The maximum Gasteiger partial charge on any atom is 0.152 e. The van der Waals surface area contributed by atoms with Crippen LogP contribution in [0.1, 0.15) is 12.0 Å². The van der Waals surface area contributed by atoms with Gasteiger partial charge in [0.25, 0.3) is 0 Å². The van der Waals surface area contributed by atoms with Crippen LogP contribution < -0.4 is 4.74 Å². The van der Waals surface area contributed by atoms with Crippen LogP contribution in [-0.2, 0) is 9.84 Å². The van der Waals surface area contributed by atoms with Gasteiger partial charge in [-0.25, -0.2) is 13.1 Å². The monoisotopic (exact) mass is 473 g/mol. The van der Waals surface area contributed by atoms with Gasteiger partial charge >= 0.3 is 0 Å². The molecule has 29 heavy (non-hydrogen) atoms. The molecule has 0 saturated carbocycles. The number of halogens is 1. The molecular weight excluding hydrogens is 454 g/mol. The van der Waals surface area contributed by atoms with Gasteiger partial charge in [-0.15, -0.1) is 0 Å². The first-order valence-electron chi connectivity index (χ1n) is 9.18. The molecule has 1 fully saturated rings. The Labute approximate surface area is 178 Å². The highest BCUT2D eigenvalue weighted by Crippen LogP contribution is 2.31. The van der Waals surface area contributed by atoms with Gasteiger partial charge in [-0.05, 0) is 52.7 Å². The van der Waals surface area contributed by atoms with Crippen molar-refractivity contribution in [1.82, 2.24) is 9.78 Å². The molecule has 1 saturated heterocycles. The molecule has 6 nitrogen and oxygen atoms in total. The Hall–Kier alpha value is -2.45. The molecule has 1 atom stereocenters. The predicted octanol–water partition coefficient (Wildman–Crippen LogP) is 3.92. The van der Waals surface area contributed by atoms with Crippen LogP contribution in [0.3, 0.4) is 0 Å². The van der Waals surface area contributed by atoms with Crippen LogP contribution in [0, 0.1) is 0 Å². The van der Waals surface area contributed by atoms with Crippen LogP contribution >= 0.6 is 15.9 Å². The van der Waals surface area contributed by atoms with E-state index in [1.165, 1.54) is 0 Å². The topological polar surface area (TPSA) is 73.5 Å². The van der Waals surface area contributed by atoms with Crippen LogP contribution in [0.4, 0.5) is 0 Å². The van der Waals surface area contributed by atoms with Crippen LogP contribution in [0.25, 0.3) is 16.9 Å². The van der Waals surface area contributed by atoms with Gasteiger partial charge < -0.3 is 4.74 Å². The zero-order valence-electron chi connectivity index (χ0n) is 15.8. The number of hydrogen-bond acceptors (Lipinski definition) is 5. The maximum atomic E-state index is 11.7. The Morgan fingerprint density at radius 3 is 2.69 bits per heavy atom. The molecule has 8 heteroatoms. The van der Waals surface area contributed by atoms with Crippen molar-refractivity contribution in [1.29, 1.82) is 0 Å². The van der Waals surface area contributed by atoms with Gasteiger partial charge in [-0.3, -0.25) is 4.99 Å². The summed E-state index contributed by atoms with van der Waals surface area (Å²) >= 11 is 3.53. The first-order valence-corrected chi connectivity index (χ1v) is 11.8. The standard InChI is InChI=1S/C21H20BrN3O3S/c1-28-20-8-7-15(11-19(20)22)21-16(12-23-17-9-10-29(26,27)14-17)13-25(24-21)18-5-3-2-4-6-18/h2-8,11-13,17H,9-10,14H2,1H3/b23-12+. The third-order valence-electron chi connectivity index (χ3n) is 4.82. The van der Waals surface area contributed by atoms with E-state index >= 15 is 0 Å². The fourth-order valence-electron chi connectivity index (χ4n) is 3.31. The van der Waals surface area contributed by atoms with Crippen molar-refractivity contribution in [2.45, 2.75) is 12.5 Å². The van der Waals surface area contributed by atoms with E-state index in [0.717, 1.165) is 32.7 Å². The zero-order valence-corrected chi connectivity index (χ0v) is 18.2. The third kappa shape index (κ3) is 4.43. The van der Waals surface area contributed by atoms with E-state index in [1.54, 1.807) is 18.0 Å². The Bertz CT molecular complexity index is 1160. The molecule has 4 rings (SSSR count). The first kappa shape index (κ1) is 19.8. The SMILES string of the molecule is COc1ccc(-c2nn(-c3ccccc3)cc2/C=N/C2CCS(=O)(=O)C2)cc1Br. The number of nitrogens with zero attached hydrogens (tertiary/aromatic N) is 3. The molecule has 1 unspecified atom stereocenters. The minimum Gasteiger partial charge on any atom is -0.496 e. The number of methoxy groups -OCH3 is 1. The molecule has 0 radical (unpaired) electrons. The van der Waals surface area contributed by atoms with E-state index < -0.39 is 9.84 Å². The molecule has 0 amide bonds. The van der Waals surface area contributed by atoms with E-state index in [1.807, 2.05) is 54.7 Å². The smallest absolute Gasteiger partial charge is 0.152 e. The van der Waals surface area contributed by atoms with E-state index in [0.29, 0.717) is 6.42 Å². The highest BCUT2D eigenvalue weighted by atomic mass is 79.9. The number of sulfone groups is 1. The lowest BCUT2D eigenvalue weighted by Gasteiger charge is -2.06. The first-order chi connectivity index (χ1) is 13.9. The number of para-hydroxylation sites is 1. The second-order valence-corrected chi connectivity index (χ2v) is 9.98. The van der Waals surface area contributed by atoms with Gasteiger partial charge in [0.2, 0.25) is 0 Å². The maximum absolute atomic E-state index is 11.7. The van der Waals surface area contributed by atoms with Crippen molar-refractivity contribution in [3.8, 4) is 22.7 Å². The summed E-state index contributed by atoms with van der Waals surface area (Å²) in [5.41, 5.74) is 3.44. The van der Waals surface area contributed by atoms with Gasteiger partial charge in [0, 0.05) is 23.5 Å². The largest absolute Gasteiger partial charge is 0.496 e. The molecule has 2 aromatic carbocycles. The predicted molar refractivity (Wildman–Crippen MR) is 118 cm³/mol. The quantitative estimate of drug-likeness (QED) is 0.526. The molecule has 2 heterocycles. The summed E-state index contributed by atoms with van der Waals surface area (Å²) in [7, 11) is -1.35. The van der Waals surface area contributed by atoms with Crippen molar-refractivity contribution in [2.24, 2.45) is 4.99 Å². The van der Waals surface area contributed by atoms with Crippen molar-refractivity contribution < 1.29 is 13.2 Å². The van der Waals surface area contributed by atoms with Crippen LogP contribution in [0.15, 0.2) is 64.2 Å². The summed E-state index contributed by atoms with van der Waals surface area (Å²) in [5, 5.41) is 4.77. The summed E-state index contributed by atoms with van der Waals surface area (Å²) in [6.07, 6.45) is 4.22. The summed E-state index contributed by atoms with van der Waals surface area (Å²) in [4.78, 5) is 4.54. The average Bonchev–Trinajstić information content (AvgIpc) is 3.30. The number of benzene rings is 2. The van der Waals surface area contributed by atoms with Gasteiger partial charge in [0.1, 0.15) is 11.4 Å². The van der Waals surface area contributed by atoms with Crippen LogP contribution in [0.5, 0.6) is 5.75 Å². The highest BCUT2D eigenvalue weighted by Gasteiger charge is 2.27. The van der Waals surface area contributed by atoms with E-state index in [4.69, 9.17) is 9.84 Å². The highest BCUT2D eigenvalue weighted by molar-refractivity contribution is 9.10. The summed E-state index contributed by atoms with van der Waals surface area (Å²) in [6, 6.07) is 15.4. The van der Waals surface area contributed by atoms with Crippen molar-refractivity contribution in [2.75, 3.05) is 18.6 Å². The average molecular weight is 474 g/mol. The number of hydrogen-bond donors (Lipinski definition) is 0. The molecule has 150 valence electrons. The van der Waals surface area contributed by atoms with Crippen molar-refractivity contribution >= 4 is 32.0 Å². The minimum absolute atomic E-state index is 0.111. The van der Waals surface area contributed by atoms with E-state index in [2.05, 4.69) is 20.9 Å². The van der Waals surface area contributed by atoms with Crippen molar-refractivity contribution in [3.63, 3.8) is 0 Å². The lowest BCUT2D eigenvalue weighted by Crippen LogP contribution is -2.07. The van der Waals surface area contributed by atoms with E-state index in [-0.39, 0.29) is 17.5 Å². The summed E-state index contributed by atoms with van der Waals surface area (Å²) in [6.45, 7) is 0. The Balaban J connectivity index is 1.74. The van der Waals surface area contributed by atoms with Gasteiger partial charge in [0.15, 0.2) is 9.84 Å². The van der Waals surface area contributed by atoms with Gasteiger partial charge in [-0.1, -0.05) is 18.2 Å². The number of aliphatic imine (C=N–C) groups is 1. The van der Waals surface area contributed by atoms with Crippen LogP contribution in [0.2, 0.25) is 0 Å². The Morgan fingerprint density at radius 2 is 2.03 bits per heavy atom. The molecule has 1 aliphatic heterocycles. The molecule has 3 aromatic rings. The molecule has 0 spiro atoms. The van der Waals surface area contributed by atoms with Crippen molar-refractivity contribution in [3.05, 3.63) is 64.8 Å². The molecule has 0 bridgehead atoms. The second kappa shape index (κ2) is 8.12. The number of rotatable bonds is 5. The second-order valence-electron chi connectivity index (χ2n) is 6.90. The zero-order chi connectivity index (χ0) is 20.4. The summed E-state index contributed by atoms with van der Waals surface area (Å²) < 4.78 is 31.4. The summed E-state index contributed by atoms with van der Waals surface area (Å²) in [5.74, 6) is 1.05.